The Morgan fingerprint density at radius 2 is 1.97 bits per heavy atom. The fourth-order valence-electron chi connectivity index (χ4n) is 3.18. The van der Waals surface area contributed by atoms with Gasteiger partial charge in [0, 0.05) is 17.9 Å². The van der Waals surface area contributed by atoms with E-state index < -0.39 is 40.6 Å². The number of benzene rings is 1. The van der Waals surface area contributed by atoms with Gasteiger partial charge in [-0.3, -0.25) is 19.8 Å². The Morgan fingerprint density at radius 3 is 2.53 bits per heavy atom. The Labute approximate surface area is 193 Å². The molecule has 0 radical (unpaired) electrons. The molecule has 1 saturated heterocycles. The first kappa shape index (κ1) is 23.9. The molecular weight excluding hydrogens is 458 g/mol. The van der Waals surface area contributed by atoms with Crippen LogP contribution in [-0.4, -0.2) is 57.5 Å². The van der Waals surface area contributed by atoms with Gasteiger partial charge in [-0.05, 0) is 44.7 Å². The standard InChI is InChI=1S/C20H23N3O7S2/c1-20(2,3)30-19(26)21-14-13-10-32-18(31-4)15(22(13)16(14)24)17(25)29-9-11-5-7-12(8-6-11)23(27)28/h5-8,13-14H,9-10H2,1-4H3,(H,21,26). The van der Waals surface area contributed by atoms with Gasteiger partial charge >= 0.3 is 12.1 Å². The quantitative estimate of drug-likeness (QED) is 0.282. The number of carbonyl (C=O) groups excluding carboxylic acids is 3. The number of hydrogen-bond acceptors (Lipinski definition) is 9. The predicted molar refractivity (Wildman–Crippen MR) is 120 cm³/mol. The van der Waals surface area contributed by atoms with Crippen molar-refractivity contribution in [2.45, 2.75) is 45.1 Å². The van der Waals surface area contributed by atoms with E-state index in [1.165, 1.54) is 52.7 Å². The summed E-state index contributed by atoms with van der Waals surface area (Å²) >= 11 is 2.75. The highest BCUT2D eigenvalue weighted by atomic mass is 32.2. The molecule has 2 amide bonds. The number of amides is 2. The molecule has 0 spiro atoms. The summed E-state index contributed by atoms with van der Waals surface area (Å²) in [6, 6.07) is 4.49. The lowest BCUT2D eigenvalue weighted by molar-refractivity contribution is -0.384. The molecule has 0 aromatic heterocycles. The first-order chi connectivity index (χ1) is 15.0. The van der Waals surface area contributed by atoms with E-state index in [1.54, 1.807) is 27.0 Å². The molecule has 1 aromatic carbocycles. The summed E-state index contributed by atoms with van der Waals surface area (Å²) in [4.78, 5) is 49.3. The highest BCUT2D eigenvalue weighted by Crippen LogP contribution is 2.43. The Balaban J connectivity index is 1.68. The lowest BCUT2D eigenvalue weighted by Crippen LogP contribution is -2.72. The number of nitrogens with zero attached hydrogens (tertiary/aromatic N) is 2. The van der Waals surface area contributed by atoms with Gasteiger partial charge in [0.2, 0.25) is 0 Å². The number of nitro groups is 1. The van der Waals surface area contributed by atoms with Crippen LogP contribution >= 0.6 is 23.5 Å². The first-order valence-electron chi connectivity index (χ1n) is 9.66. The minimum atomic E-state index is -0.779. The summed E-state index contributed by atoms with van der Waals surface area (Å²) in [5.41, 5.74) is -0.0346. The van der Waals surface area contributed by atoms with Crippen LogP contribution in [0.25, 0.3) is 0 Å². The molecular formula is C20H23N3O7S2. The Hall–Kier alpha value is -2.73. The van der Waals surface area contributed by atoms with E-state index in [4.69, 9.17) is 9.47 Å². The number of thioether (sulfide) groups is 2. The van der Waals surface area contributed by atoms with Gasteiger partial charge in [0.25, 0.3) is 11.6 Å². The smallest absolute Gasteiger partial charge is 0.408 e. The van der Waals surface area contributed by atoms with Crippen molar-refractivity contribution in [3.05, 3.63) is 49.9 Å². The molecule has 2 heterocycles. The van der Waals surface area contributed by atoms with Gasteiger partial charge in [0.1, 0.15) is 18.2 Å². The minimum Gasteiger partial charge on any atom is -0.456 e. The van der Waals surface area contributed by atoms with E-state index in [-0.39, 0.29) is 18.0 Å². The Morgan fingerprint density at radius 1 is 1.31 bits per heavy atom. The number of β-lactam (4-membered cyclic amide) rings is 1. The van der Waals surface area contributed by atoms with Gasteiger partial charge in [-0.15, -0.1) is 23.5 Å². The second kappa shape index (κ2) is 9.41. The maximum atomic E-state index is 12.8. The van der Waals surface area contributed by atoms with Crippen molar-refractivity contribution in [1.29, 1.82) is 0 Å². The Bertz CT molecular complexity index is 972. The average molecular weight is 482 g/mol. The molecule has 1 aromatic rings. The zero-order chi connectivity index (χ0) is 23.6. The van der Waals surface area contributed by atoms with E-state index in [0.717, 1.165) is 0 Å². The van der Waals surface area contributed by atoms with Crippen LogP contribution in [-0.2, 0) is 25.7 Å². The molecule has 0 aliphatic carbocycles. The summed E-state index contributed by atoms with van der Waals surface area (Å²) in [6.07, 6.45) is 1.11. The van der Waals surface area contributed by atoms with Crippen LogP contribution in [0.4, 0.5) is 10.5 Å². The van der Waals surface area contributed by atoms with Crippen molar-refractivity contribution in [1.82, 2.24) is 10.2 Å². The fourth-order valence-corrected chi connectivity index (χ4v) is 5.21. The van der Waals surface area contributed by atoms with Crippen molar-refractivity contribution in [2.24, 2.45) is 0 Å². The summed E-state index contributed by atoms with van der Waals surface area (Å²) in [5, 5.41) is 13.3. The van der Waals surface area contributed by atoms with Crippen LogP contribution in [0.15, 0.2) is 34.2 Å². The van der Waals surface area contributed by atoms with Gasteiger partial charge in [-0.25, -0.2) is 9.59 Å². The van der Waals surface area contributed by atoms with Crippen LogP contribution in [0, 0.1) is 10.1 Å². The third kappa shape index (κ3) is 5.18. The maximum Gasteiger partial charge on any atom is 0.408 e. The van der Waals surface area contributed by atoms with Gasteiger partial charge < -0.3 is 14.8 Å². The zero-order valence-corrected chi connectivity index (χ0v) is 19.6. The highest BCUT2D eigenvalue weighted by Gasteiger charge is 2.54. The van der Waals surface area contributed by atoms with Crippen molar-refractivity contribution < 1.29 is 28.8 Å². The molecule has 1 N–H and O–H groups in total. The number of nitrogens with one attached hydrogen (secondary N) is 1. The average Bonchev–Trinajstić information content (AvgIpc) is 2.73. The van der Waals surface area contributed by atoms with Crippen LogP contribution in [0.5, 0.6) is 0 Å². The number of ether oxygens (including phenoxy) is 2. The number of hydrogen-bond donors (Lipinski definition) is 1. The molecule has 2 atom stereocenters. The minimum absolute atomic E-state index is 0.0614. The van der Waals surface area contributed by atoms with E-state index in [0.29, 0.717) is 15.6 Å². The molecule has 12 heteroatoms. The van der Waals surface area contributed by atoms with Crippen molar-refractivity contribution in [3.8, 4) is 0 Å². The summed E-state index contributed by atoms with van der Waals surface area (Å²) in [6.45, 7) is 5.08. The second-order valence-electron chi connectivity index (χ2n) is 8.05. The van der Waals surface area contributed by atoms with E-state index in [1.807, 2.05) is 0 Å². The number of nitro benzene ring substituents is 1. The molecule has 2 aliphatic rings. The summed E-state index contributed by atoms with van der Waals surface area (Å²) in [7, 11) is 0. The topological polar surface area (TPSA) is 128 Å². The molecule has 1 fully saturated rings. The summed E-state index contributed by atoms with van der Waals surface area (Å²) < 4.78 is 11.3. The fraction of sp³-hybridized carbons (Fsp3) is 0.450. The van der Waals surface area contributed by atoms with E-state index >= 15 is 0 Å². The summed E-state index contributed by atoms with van der Waals surface area (Å²) in [5.74, 6) is -0.564. The molecule has 10 nitrogen and oxygen atoms in total. The number of esters is 1. The molecule has 172 valence electrons. The molecule has 3 rings (SSSR count). The predicted octanol–water partition coefficient (Wildman–Crippen LogP) is 3.02. The second-order valence-corrected chi connectivity index (χ2v) is 10.2. The molecule has 2 unspecified atom stereocenters. The van der Waals surface area contributed by atoms with Crippen molar-refractivity contribution >= 4 is 47.2 Å². The number of fused-ring (bicyclic) bond motifs is 1. The van der Waals surface area contributed by atoms with Crippen molar-refractivity contribution in [2.75, 3.05) is 12.0 Å². The molecule has 0 bridgehead atoms. The monoisotopic (exact) mass is 481 g/mol. The number of carbonyl (C=O) groups is 3. The Kier molecular flexibility index (Phi) is 7.03. The number of rotatable bonds is 6. The third-order valence-electron chi connectivity index (χ3n) is 4.61. The van der Waals surface area contributed by atoms with Crippen LogP contribution in [0.2, 0.25) is 0 Å². The highest BCUT2D eigenvalue weighted by molar-refractivity contribution is 8.22. The van der Waals surface area contributed by atoms with E-state index in [9.17, 15) is 24.5 Å². The third-order valence-corrected chi connectivity index (χ3v) is 6.99. The van der Waals surface area contributed by atoms with Gasteiger partial charge in [0.15, 0.2) is 5.70 Å². The SMILES string of the molecule is CSC1=C(C(=O)OCc2ccc([N+](=O)[O-])cc2)N2C(=O)C(NC(=O)OC(C)(C)C)C2CS1. The lowest BCUT2D eigenvalue weighted by atomic mass is 9.95. The van der Waals surface area contributed by atoms with Crippen LogP contribution < -0.4 is 5.32 Å². The lowest BCUT2D eigenvalue weighted by Gasteiger charge is -2.49. The largest absolute Gasteiger partial charge is 0.456 e. The zero-order valence-electron chi connectivity index (χ0n) is 17.9. The van der Waals surface area contributed by atoms with Crippen molar-refractivity contribution in [3.63, 3.8) is 0 Å². The maximum absolute atomic E-state index is 12.8. The molecule has 2 aliphatic heterocycles. The molecule has 0 saturated carbocycles. The van der Waals surface area contributed by atoms with Crippen LogP contribution in [0.3, 0.4) is 0 Å². The van der Waals surface area contributed by atoms with Gasteiger partial charge in [-0.2, -0.15) is 0 Å². The first-order valence-corrected chi connectivity index (χ1v) is 11.9. The van der Waals surface area contributed by atoms with Gasteiger partial charge in [0.05, 0.1) is 15.2 Å². The molecule has 32 heavy (non-hydrogen) atoms. The normalized spacial score (nSPS) is 20.2. The van der Waals surface area contributed by atoms with Crippen LogP contribution in [0.1, 0.15) is 26.3 Å². The number of alkyl carbamates (subject to hydrolysis) is 1. The van der Waals surface area contributed by atoms with Gasteiger partial charge in [-0.1, -0.05) is 0 Å². The van der Waals surface area contributed by atoms with E-state index in [2.05, 4.69) is 5.32 Å². The number of non-ortho nitro benzene ring substituents is 1.